The van der Waals surface area contributed by atoms with E-state index in [1.165, 1.54) is 12.1 Å². The summed E-state index contributed by atoms with van der Waals surface area (Å²) < 4.78 is 26.1. The van der Waals surface area contributed by atoms with E-state index in [0.29, 0.717) is 12.1 Å². The van der Waals surface area contributed by atoms with Gasteiger partial charge in [-0.1, -0.05) is 6.07 Å². The first-order chi connectivity index (χ1) is 7.83. The fourth-order valence-electron chi connectivity index (χ4n) is 1.27. The summed E-state index contributed by atoms with van der Waals surface area (Å²) >= 11 is 0. The van der Waals surface area contributed by atoms with Crippen molar-refractivity contribution in [2.75, 3.05) is 12.3 Å². The number of hydrogen-bond acceptors (Lipinski definition) is 4. The molecule has 1 atom stereocenters. The molecule has 1 aromatic carbocycles. The summed E-state index contributed by atoms with van der Waals surface area (Å²) in [4.78, 5) is 0.145. The molecule has 0 heterocycles. The maximum atomic E-state index is 11.8. The average Bonchev–Trinajstić information content (AvgIpc) is 2.21. The van der Waals surface area contributed by atoms with Crippen molar-refractivity contribution >= 4 is 15.7 Å². The van der Waals surface area contributed by atoms with E-state index < -0.39 is 16.1 Å². The summed E-state index contributed by atoms with van der Waals surface area (Å²) in [5, 5.41) is 9.05. The minimum Gasteiger partial charge on any atom is -0.398 e. The maximum absolute atomic E-state index is 11.8. The van der Waals surface area contributed by atoms with Crippen molar-refractivity contribution in [1.82, 2.24) is 4.72 Å². The van der Waals surface area contributed by atoms with Crippen molar-refractivity contribution in [3.05, 3.63) is 23.8 Å². The van der Waals surface area contributed by atoms with Gasteiger partial charge in [-0.25, -0.2) is 13.1 Å². The molecule has 4 N–H and O–H groups in total. The third-order valence-electron chi connectivity index (χ3n) is 2.42. The van der Waals surface area contributed by atoms with E-state index in [1.54, 1.807) is 13.0 Å². The van der Waals surface area contributed by atoms with Gasteiger partial charge in [0.15, 0.2) is 0 Å². The van der Waals surface area contributed by atoms with Gasteiger partial charge < -0.3 is 10.8 Å². The molecule has 0 fully saturated rings. The predicted molar refractivity (Wildman–Crippen MR) is 67.1 cm³/mol. The van der Waals surface area contributed by atoms with Crippen molar-refractivity contribution in [2.24, 2.45) is 0 Å². The van der Waals surface area contributed by atoms with E-state index in [2.05, 4.69) is 4.72 Å². The van der Waals surface area contributed by atoms with E-state index in [-0.39, 0.29) is 11.4 Å². The summed E-state index contributed by atoms with van der Waals surface area (Å²) in [6.45, 7) is 3.62. The lowest BCUT2D eigenvalue weighted by molar-refractivity contribution is 0.186. The molecule has 96 valence electrons. The van der Waals surface area contributed by atoms with Crippen LogP contribution in [0.2, 0.25) is 0 Å². The van der Waals surface area contributed by atoms with E-state index in [9.17, 15) is 8.42 Å². The Bertz CT molecular complexity index is 483. The van der Waals surface area contributed by atoms with Crippen molar-refractivity contribution in [2.45, 2.75) is 31.3 Å². The summed E-state index contributed by atoms with van der Waals surface area (Å²) in [7, 11) is -3.54. The molecule has 0 aliphatic rings. The molecular formula is C11H18N2O3S. The number of hydrogen-bond donors (Lipinski definition) is 3. The highest BCUT2D eigenvalue weighted by Crippen LogP contribution is 2.16. The second-order valence-electron chi connectivity index (χ2n) is 4.05. The van der Waals surface area contributed by atoms with E-state index in [4.69, 9.17) is 10.8 Å². The molecule has 17 heavy (non-hydrogen) atoms. The molecule has 0 radical (unpaired) electrons. The average molecular weight is 258 g/mol. The van der Waals surface area contributed by atoms with Crippen LogP contribution in [0.4, 0.5) is 5.69 Å². The lowest BCUT2D eigenvalue weighted by Gasteiger charge is -2.09. The molecule has 0 saturated carbocycles. The van der Waals surface area contributed by atoms with Crippen LogP contribution in [0.3, 0.4) is 0 Å². The number of benzene rings is 1. The molecule has 1 rings (SSSR count). The molecule has 0 aromatic heterocycles. The zero-order valence-electron chi connectivity index (χ0n) is 9.97. The zero-order chi connectivity index (χ0) is 13.1. The molecule has 0 aliphatic heterocycles. The molecule has 1 aromatic rings. The summed E-state index contributed by atoms with van der Waals surface area (Å²) in [6.07, 6.45) is -0.151. The Hall–Kier alpha value is -1.11. The van der Waals surface area contributed by atoms with Crippen molar-refractivity contribution in [1.29, 1.82) is 0 Å². The van der Waals surface area contributed by atoms with Crippen molar-refractivity contribution in [3.8, 4) is 0 Å². The predicted octanol–water partition coefficient (Wildman–Crippen LogP) is 0.626. The summed E-state index contributed by atoms with van der Waals surface area (Å²) in [5.41, 5.74) is 6.95. The van der Waals surface area contributed by atoms with Crippen LogP contribution in [0.5, 0.6) is 0 Å². The topological polar surface area (TPSA) is 92.4 Å². The van der Waals surface area contributed by atoms with Gasteiger partial charge >= 0.3 is 0 Å². The Morgan fingerprint density at radius 3 is 2.65 bits per heavy atom. The first kappa shape index (κ1) is 14.0. The van der Waals surface area contributed by atoms with Crippen LogP contribution in [0.25, 0.3) is 0 Å². The maximum Gasteiger partial charge on any atom is 0.240 e. The Balaban J connectivity index is 2.79. The highest BCUT2D eigenvalue weighted by atomic mass is 32.2. The highest BCUT2D eigenvalue weighted by molar-refractivity contribution is 7.89. The lowest BCUT2D eigenvalue weighted by Crippen LogP contribution is -2.26. The minimum absolute atomic E-state index is 0.145. The van der Waals surface area contributed by atoms with Crippen LogP contribution < -0.4 is 10.5 Å². The van der Waals surface area contributed by atoms with Crippen molar-refractivity contribution in [3.63, 3.8) is 0 Å². The van der Waals surface area contributed by atoms with Gasteiger partial charge in [-0.05, 0) is 38.0 Å². The molecule has 1 unspecified atom stereocenters. The van der Waals surface area contributed by atoms with Gasteiger partial charge in [-0.15, -0.1) is 0 Å². The number of nitrogens with two attached hydrogens (primary N) is 1. The number of aryl methyl sites for hydroxylation is 1. The number of anilines is 1. The number of rotatable bonds is 5. The number of nitrogens with one attached hydrogen (secondary N) is 1. The van der Waals surface area contributed by atoms with Gasteiger partial charge in [-0.3, -0.25) is 0 Å². The van der Waals surface area contributed by atoms with Crippen LogP contribution in [-0.2, 0) is 10.0 Å². The fraction of sp³-hybridized carbons (Fsp3) is 0.455. The first-order valence-electron chi connectivity index (χ1n) is 5.37. The Morgan fingerprint density at radius 2 is 2.12 bits per heavy atom. The second kappa shape index (κ2) is 5.48. The molecule has 6 heteroatoms. The summed E-state index contributed by atoms with van der Waals surface area (Å²) in [6, 6.07) is 4.61. The molecular weight excluding hydrogens is 240 g/mol. The van der Waals surface area contributed by atoms with Crippen LogP contribution in [0.1, 0.15) is 18.9 Å². The highest BCUT2D eigenvalue weighted by Gasteiger charge is 2.14. The van der Waals surface area contributed by atoms with Crippen LogP contribution in [0, 0.1) is 6.92 Å². The van der Waals surface area contributed by atoms with Crippen LogP contribution in [0.15, 0.2) is 23.1 Å². The Morgan fingerprint density at radius 1 is 1.47 bits per heavy atom. The largest absolute Gasteiger partial charge is 0.398 e. The number of aliphatic hydroxyl groups excluding tert-OH is 1. The Labute approximate surface area is 102 Å². The number of aliphatic hydroxyl groups is 1. The van der Waals surface area contributed by atoms with Crippen LogP contribution >= 0.6 is 0 Å². The lowest BCUT2D eigenvalue weighted by atomic mass is 10.2. The second-order valence-corrected chi connectivity index (χ2v) is 5.82. The molecule has 0 spiro atoms. The van der Waals surface area contributed by atoms with Gasteiger partial charge in [0.1, 0.15) is 0 Å². The summed E-state index contributed by atoms with van der Waals surface area (Å²) in [5.74, 6) is 0. The molecule has 0 aliphatic carbocycles. The van der Waals surface area contributed by atoms with Crippen molar-refractivity contribution < 1.29 is 13.5 Å². The molecule has 0 bridgehead atoms. The zero-order valence-corrected chi connectivity index (χ0v) is 10.8. The van der Waals surface area contributed by atoms with Gasteiger partial charge in [-0.2, -0.15) is 0 Å². The quantitative estimate of drug-likeness (QED) is 0.675. The van der Waals surface area contributed by atoms with Crippen LogP contribution in [-0.4, -0.2) is 26.2 Å². The standard InChI is InChI=1S/C11H18N2O3S/c1-8-3-4-10(7-11(8)12)17(15,16)13-6-5-9(2)14/h3-4,7,9,13-14H,5-6,12H2,1-2H3. The first-order valence-corrected chi connectivity index (χ1v) is 6.85. The Kier molecular flexibility index (Phi) is 4.50. The molecule has 0 saturated heterocycles. The fourth-order valence-corrected chi connectivity index (χ4v) is 2.35. The van der Waals surface area contributed by atoms with E-state index in [1.807, 2.05) is 6.92 Å². The van der Waals surface area contributed by atoms with E-state index >= 15 is 0 Å². The molecule has 5 nitrogen and oxygen atoms in total. The number of sulfonamides is 1. The smallest absolute Gasteiger partial charge is 0.240 e. The minimum atomic E-state index is -3.54. The third kappa shape index (κ3) is 3.99. The van der Waals surface area contributed by atoms with Gasteiger partial charge in [0.2, 0.25) is 10.0 Å². The van der Waals surface area contributed by atoms with Gasteiger partial charge in [0.25, 0.3) is 0 Å². The number of nitrogen functional groups attached to an aromatic ring is 1. The van der Waals surface area contributed by atoms with E-state index in [0.717, 1.165) is 5.56 Å². The van der Waals surface area contributed by atoms with Gasteiger partial charge in [0.05, 0.1) is 11.0 Å². The SMILES string of the molecule is Cc1ccc(S(=O)(=O)NCCC(C)O)cc1N. The monoisotopic (exact) mass is 258 g/mol. The molecule has 0 amide bonds. The van der Waals surface area contributed by atoms with Gasteiger partial charge in [0, 0.05) is 12.2 Å². The normalized spacial score (nSPS) is 13.6. The third-order valence-corrected chi connectivity index (χ3v) is 3.87.